The molecule has 29 heavy (non-hydrogen) atoms. The smallest absolute Gasteiger partial charge is 0.249 e. The van der Waals surface area contributed by atoms with Crippen LogP contribution in [0.2, 0.25) is 0 Å². The molecular weight excluding hydrogens is 436 g/mol. The highest BCUT2D eigenvalue weighted by atomic mass is 32.2. The Hall–Kier alpha value is -2.31. The van der Waals surface area contributed by atoms with Crippen LogP contribution in [0.4, 0.5) is 10.8 Å². The Bertz CT molecular complexity index is 977. The third-order valence-electron chi connectivity index (χ3n) is 3.67. The highest BCUT2D eigenvalue weighted by Gasteiger charge is 2.32. The molecule has 1 atom stereocenters. The number of benzene rings is 1. The molecule has 1 unspecified atom stereocenters. The van der Waals surface area contributed by atoms with Gasteiger partial charge in [0.15, 0.2) is 4.34 Å². The average molecular weight is 459 g/mol. The van der Waals surface area contributed by atoms with Crippen LogP contribution in [0.3, 0.4) is 0 Å². The Morgan fingerprint density at radius 3 is 2.69 bits per heavy atom. The molecule has 1 heterocycles. The van der Waals surface area contributed by atoms with E-state index in [1.165, 1.54) is 50.3 Å². The van der Waals surface area contributed by atoms with Crippen LogP contribution < -0.4 is 19.1 Å². The van der Waals surface area contributed by atoms with E-state index in [0.29, 0.717) is 15.8 Å². The molecular formula is C17H22N4O5S3. The van der Waals surface area contributed by atoms with Gasteiger partial charge in [-0.2, -0.15) is 0 Å². The van der Waals surface area contributed by atoms with E-state index in [1.807, 2.05) is 0 Å². The lowest BCUT2D eigenvalue weighted by atomic mass is 10.2. The van der Waals surface area contributed by atoms with E-state index >= 15 is 0 Å². The number of anilines is 2. The summed E-state index contributed by atoms with van der Waals surface area (Å²) in [6.45, 7) is 5.11. The molecule has 1 aromatic carbocycles. The molecule has 0 saturated heterocycles. The molecule has 9 nitrogen and oxygen atoms in total. The summed E-state index contributed by atoms with van der Waals surface area (Å²) in [6, 6.07) is 3.62. The fourth-order valence-electron chi connectivity index (χ4n) is 2.41. The highest BCUT2D eigenvalue weighted by Crippen LogP contribution is 2.35. The summed E-state index contributed by atoms with van der Waals surface area (Å²) < 4.78 is 37.2. The molecule has 2 rings (SSSR count). The Labute approximate surface area is 178 Å². The van der Waals surface area contributed by atoms with Gasteiger partial charge in [0.05, 0.1) is 26.2 Å². The van der Waals surface area contributed by atoms with Crippen molar-refractivity contribution >= 4 is 49.8 Å². The van der Waals surface area contributed by atoms with Gasteiger partial charge in [-0.1, -0.05) is 29.2 Å². The molecule has 0 aliphatic carbocycles. The number of aromatic nitrogens is 2. The van der Waals surface area contributed by atoms with Crippen LogP contribution >= 0.6 is 23.1 Å². The Morgan fingerprint density at radius 1 is 1.38 bits per heavy atom. The van der Waals surface area contributed by atoms with E-state index in [-0.39, 0.29) is 16.6 Å². The number of hydrogen-bond acceptors (Lipinski definition) is 9. The predicted octanol–water partition coefficient (Wildman–Crippen LogP) is 2.63. The summed E-state index contributed by atoms with van der Waals surface area (Å²) in [5, 5.41) is 10.8. The lowest BCUT2D eigenvalue weighted by Crippen LogP contribution is -2.45. The molecule has 0 radical (unpaired) electrons. The minimum absolute atomic E-state index is 0.191. The van der Waals surface area contributed by atoms with Crippen LogP contribution in [0, 0.1) is 0 Å². The van der Waals surface area contributed by atoms with Crippen LogP contribution in [-0.2, 0) is 14.8 Å². The SMILES string of the molecule is C=CCSc1nnc(NC(=O)C(C)N(c2cc(OC)ccc2OC)S(C)(=O)=O)s1. The van der Waals surface area contributed by atoms with Crippen LogP contribution in [0.15, 0.2) is 35.2 Å². The molecule has 0 aliphatic rings. The van der Waals surface area contributed by atoms with Gasteiger partial charge in [0.2, 0.25) is 21.1 Å². The van der Waals surface area contributed by atoms with Gasteiger partial charge >= 0.3 is 0 Å². The van der Waals surface area contributed by atoms with Crippen molar-refractivity contribution in [2.24, 2.45) is 0 Å². The van der Waals surface area contributed by atoms with Crippen LogP contribution in [0.5, 0.6) is 11.5 Å². The number of rotatable bonds is 10. The maximum atomic E-state index is 12.8. The number of carbonyl (C=O) groups excluding carboxylic acids is 1. The third-order valence-corrected chi connectivity index (χ3v) is 6.87. The Balaban J connectivity index is 2.32. The molecule has 0 fully saturated rings. The van der Waals surface area contributed by atoms with E-state index < -0.39 is 22.0 Å². The first-order chi connectivity index (χ1) is 13.7. The van der Waals surface area contributed by atoms with Gasteiger partial charge in [-0.25, -0.2) is 8.42 Å². The molecule has 158 valence electrons. The van der Waals surface area contributed by atoms with Crippen molar-refractivity contribution in [3.05, 3.63) is 30.9 Å². The third kappa shape index (κ3) is 5.84. The highest BCUT2D eigenvalue weighted by molar-refractivity contribution is 8.01. The van der Waals surface area contributed by atoms with Crippen LogP contribution in [-0.4, -0.2) is 56.8 Å². The van der Waals surface area contributed by atoms with Crippen molar-refractivity contribution in [1.29, 1.82) is 0 Å². The van der Waals surface area contributed by atoms with Crippen molar-refractivity contribution in [3.63, 3.8) is 0 Å². The summed E-state index contributed by atoms with van der Waals surface area (Å²) in [4.78, 5) is 12.8. The van der Waals surface area contributed by atoms with Gasteiger partial charge in [-0.05, 0) is 19.1 Å². The average Bonchev–Trinajstić information content (AvgIpc) is 3.12. The van der Waals surface area contributed by atoms with Crippen LogP contribution in [0.25, 0.3) is 0 Å². The summed E-state index contributed by atoms with van der Waals surface area (Å²) in [7, 11) is -0.951. The van der Waals surface area contributed by atoms with E-state index in [9.17, 15) is 13.2 Å². The van der Waals surface area contributed by atoms with Gasteiger partial charge < -0.3 is 9.47 Å². The number of methoxy groups -OCH3 is 2. The molecule has 0 bridgehead atoms. The summed E-state index contributed by atoms with van der Waals surface area (Å²) in [6.07, 6.45) is 2.75. The molecule has 1 N–H and O–H groups in total. The largest absolute Gasteiger partial charge is 0.497 e. The van der Waals surface area contributed by atoms with Crippen molar-refractivity contribution < 1.29 is 22.7 Å². The fourth-order valence-corrected chi connectivity index (χ4v) is 5.09. The molecule has 12 heteroatoms. The molecule has 0 saturated carbocycles. The Morgan fingerprint density at radius 2 is 2.10 bits per heavy atom. The number of thioether (sulfide) groups is 1. The molecule has 2 aromatic rings. The monoisotopic (exact) mass is 458 g/mol. The second-order valence-electron chi connectivity index (χ2n) is 5.73. The summed E-state index contributed by atoms with van der Waals surface area (Å²) >= 11 is 2.63. The number of carbonyl (C=O) groups is 1. The molecule has 1 aromatic heterocycles. The first-order valence-electron chi connectivity index (χ1n) is 8.30. The first kappa shape index (κ1) is 23.0. The standard InChI is InChI=1S/C17H22N4O5S3/c1-6-9-27-17-20-19-16(28-17)18-15(22)11(2)21(29(5,23)24)13-10-12(25-3)7-8-14(13)26-4/h6-8,10-11H,1,9H2,2-5H3,(H,18,19,22). The lowest BCUT2D eigenvalue weighted by molar-refractivity contribution is -0.116. The van der Waals surface area contributed by atoms with Crippen molar-refractivity contribution in [3.8, 4) is 11.5 Å². The zero-order chi connectivity index (χ0) is 21.6. The van der Waals surface area contributed by atoms with Gasteiger partial charge in [0.1, 0.15) is 17.5 Å². The molecule has 0 spiro atoms. The van der Waals surface area contributed by atoms with Crippen LogP contribution in [0.1, 0.15) is 6.92 Å². The van der Waals surface area contributed by atoms with Crippen molar-refractivity contribution in [2.45, 2.75) is 17.3 Å². The number of nitrogens with one attached hydrogen (secondary N) is 1. The molecule has 0 aliphatic heterocycles. The molecule has 1 amide bonds. The fraction of sp³-hybridized carbons (Fsp3) is 0.353. The second-order valence-corrected chi connectivity index (χ2v) is 9.84. The summed E-state index contributed by atoms with van der Waals surface area (Å²) in [5.41, 5.74) is 0.191. The second kappa shape index (κ2) is 9.94. The van der Waals surface area contributed by atoms with E-state index in [2.05, 4.69) is 22.1 Å². The van der Waals surface area contributed by atoms with Gasteiger partial charge in [0, 0.05) is 11.8 Å². The maximum Gasteiger partial charge on any atom is 0.249 e. The maximum absolute atomic E-state index is 12.8. The van der Waals surface area contributed by atoms with E-state index in [4.69, 9.17) is 9.47 Å². The predicted molar refractivity (Wildman–Crippen MR) is 116 cm³/mol. The summed E-state index contributed by atoms with van der Waals surface area (Å²) in [5.74, 6) is 0.818. The lowest BCUT2D eigenvalue weighted by Gasteiger charge is -2.29. The zero-order valence-corrected chi connectivity index (χ0v) is 18.9. The van der Waals surface area contributed by atoms with E-state index in [1.54, 1.807) is 18.2 Å². The zero-order valence-electron chi connectivity index (χ0n) is 16.4. The quantitative estimate of drug-likeness (QED) is 0.329. The Kier molecular flexibility index (Phi) is 7.88. The number of sulfonamides is 1. The number of nitrogens with zero attached hydrogens (tertiary/aromatic N) is 3. The van der Waals surface area contributed by atoms with Gasteiger partial charge in [0.25, 0.3) is 0 Å². The van der Waals surface area contributed by atoms with Crippen molar-refractivity contribution in [2.75, 3.05) is 35.9 Å². The number of amides is 1. The topological polar surface area (TPSA) is 111 Å². The minimum atomic E-state index is -3.83. The number of hydrogen-bond donors (Lipinski definition) is 1. The van der Waals surface area contributed by atoms with E-state index in [0.717, 1.165) is 10.6 Å². The number of ether oxygens (including phenoxy) is 2. The minimum Gasteiger partial charge on any atom is -0.497 e. The van der Waals surface area contributed by atoms with Gasteiger partial charge in [-0.3, -0.25) is 14.4 Å². The van der Waals surface area contributed by atoms with Crippen molar-refractivity contribution in [1.82, 2.24) is 10.2 Å². The normalized spacial score (nSPS) is 12.1. The first-order valence-corrected chi connectivity index (χ1v) is 12.0. The van der Waals surface area contributed by atoms with Gasteiger partial charge in [-0.15, -0.1) is 16.8 Å².